The molecule has 0 radical (unpaired) electrons. The Morgan fingerprint density at radius 3 is 2.14 bits per heavy atom. The predicted molar refractivity (Wildman–Crippen MR) is 88.7 cm³/mol. The quantitative estimate of drug-likeness (QED) is 0.614. The Morgan fingerprint density at radius 2 is 1.64 bits per heavy atom. The Bertz CT molecular complexity index is 444. The van der Waals surface area contributed by atoms with Crippen molar-refractivity contribution in [3.63, 3.8) is 0 Å². The maximum absolute atomic E-state index is 11.7. The number of primary amides is 1. The van der Waals surface area contributed by atoms with E-state index >= 15 is 0 Å². The number of ether oxygens (including phenoxy) is 1. The lowest BCUT2D eigenvalue weighted by atomic mass is 9.87. The summed E-state index contributed by atoms with van der Waals surface area (Å²) < 4.78 is 5.09. The van der Waals surface area contributed by atoms with Gasteiger partial charge in [-0.25, -0.2) is 0 Å². The number of methoxy groups -OCH3 is 1. The normalized spacial score (nSPS) is 13.6. The number of unbranched alkanes of at least 4 members (excludes halogenated alkanes) is 6. The van der Waals surface area contributed by atoms with Gasteiger partial charge in [0, 0.05) is 0 Å². The second-order valence-electron chi connectivity index (χ2n) is 5.82. The molecule has 0 aliphatic rings. The molecule has 0 saturated carbocycles. The van der Waals surface area contributed by atoms with Gasteiger partial charge in [-0.15, -0.1) is 0 Å². The molecule has 1 rings (SSSR count). The van der Waals surface area contributed by atoms with Gasteiger partial charge in [0.25, 0.3) is 5.91 Å². The topological polar surface area (TPSA) is 72.5 Å². The van der Waals surface area contributed by atoms with Crippen LogP contribution in [0.15, 0.2) is 24.3 Å². The minimum Gasteiger partial charge on any atom is -0.497 e. The molecule has 0 saturated heterocycles. The number of hydrogen-bond acceptors (Lipinski definition) is 3. The smallest absolute Gasteiger partial charge is 0.254 e. The van der Waals surface area contributed by atoms with Gasteiger partial charge in [0.1, 0.15) is 5.75 Å². The van der Waals surface area contributed by atoms with Crippen molar-refractivity contribution in [3.05, 3.63) is 29.8 Å². The van der Waals surface area contributed by atoms with Crippen LogP contribution >= 0.6 is 0 Å². The monoisotopic (exact) mass is 307 g/mol. The number of aliphatic hydroxyl groups is 1. The van der Waals surface area contributed by atoms with Crippen LogP contribution in [0, 0.1) is 0 Å². The molecule has 4 heteroatoms. The van der Waals surface area contributed by atoms with Gasteiger partial charge in [-0.1, -0.05) is 57.6 Å². The van der Waals surface area contributed by atoms with Crippen LogP contribution in [0.2, 0.25) is 0 Å². The van der Waals surface area contributed by atoms with Crippen LogP contribution in [-0.4, -0.2) is 18.1 Å². The number of benzene rings is 1. The zero-order valence-electron chi connectivity index (χ0n) is 13.8. The Balaban J connectivity index is 2.54. The van der Waals surface area contributed by atoms with Crippen LogP contribution in [0.3, 0.4) is 0 Å². The third-order valence-corrected chi connectivity index (χ3v) is 4.12. The molecule has 0 fully saturated rings. The van der Waals surface area contributed by atoms with E-state index in [9.17, 15) is 9.90 Å². The highest BCUT2D eigenvalue weighted by Gasteiger charge is 2.35. The molecular formula is C18H29NO3. The van der Waals surface area contributed by atoms with E-state index in [0.29, 0.717) is 17.7 Å². The highest BCUT2D eigenvalue weighted by atomic mass is 16.5. The Morgan fingerprint density at radius 1 is 1.09 bits per heavy atom. The Kier molecular flexibility index (Phi) is 7.96. The molecule has 0 spiro atoms. The standard InChI is InChI=1S/C18H29NO3/c1-3-4-5-6-7-8-9-14-18(21,17(19)20)15-10-12-16(22-2)13-11-15/h10-13,21H,3-9,14H2,1-2H3,(H2,19,20). The summed E-state index contributed by atoms with van der Waals surface area (Å²) in [5, 5.41) is 10.6. The zero-order chi connectivity index (χ0) is 16.4. The third-order valence-electron chi connectivity index (χ3n) is 4.12. The van der Waals surface area contributed by atoms with Crippen molar-refractivity contribution in [2.45, 2.75) is 63.9 Å². The van der Waals surface area contributed by atoms with Crippen LogP contribution in [0.4, 0.5) is 0 Å². The second-order valence-corrected chi connectivity index (χ2v) is 5.82. The van der Waals surface area contributed by atoms with Crippen molar-refractivity contribution in [3.8, 4) is 5.75 Å². The highest BCUT2D eigenvalue weighted by molar-refractivity contribution is 5.84. The van der Waals surface area contributed by atoms with Gasteiger partial charge in [-0.05, 0) is 30.5 Å². The van der Waals surface area contributed by atoms with Crippen LogP contribution in [0.1, 0.15) is 63.9 Å². The predicted octanol–water partition coefficient (Wildman–Crippen LogP) is 3.51. The summed E-state index contributed by atoms with van der Waals surface area (Å²) in [6.07, 6.45) is 8.28. The van der Waals surface area contributed by atoms with Crippen LogP contribution in [0.5, 0.6) is 5.75 Å². The van der Waals surface area contributed by atoms with Crippen molar-refractivity contribution in [2.24, 2.45) is 5.73 Å². The Hall–Kier alpha value is -1.55. The van der Waals surface area contributed by atoms with E-state index in [1.807, 2.05) is 0 Å². The molecule has 1 unspecified atom stereocenters. The van der Waals surface area contributed by atoms with Gasteiger partial charge >= 0.3 is 0 Å². The van der Waals surface area contributed by atoms with Gasteiger partial charge in [0.15, 0.2) is 5.60 Å². The summed E-state index contributed by atoms with van der Waals surface area (Å²) in [6, 6.07) is 6.86. The Labute approximate surface area is 133 Å². The van der Waals surface area contributed by atoms with Gasteiger partial charge in [-0.3, -0.25) is 4.79 Å². The molecule has 0 aromatic heterocycles. The van der Waals surface area contributed by atoms with E-state index in [0.717, 1.165) is 19.3 Å². The molecule has 124 valence electrons. The van der Waals surface area contributed by atoms with Crippen LogP contribution < -0.4 is 10.5 Å². The van der Waals surface area contributed by atoms with Crippen molar-refractivity contribution in [1.29, 1.82) is 0 Å². The van der Waals surface area contributed by atoms with Gasteiger partial charge in [0.2, 0.25) is 0 Å². The molecule has 4 nitrogen and oxygen atoms in total. The first kappa shape index (κ1) is 18.5. The van der Waals surface area contributed by atoms with Crippen molar-refractivity contribution < 1.29 is 14.6 Å². The number of amides is 1. The molecule has 1 amide bonds. The molecule has 0 aliphatic carbocycles. The molecular weight excluding hydrogens is 278 g/mol. The summed E-state index contributed by atoms with van der Waals surface area (Å²) in [5.41, 5.74) is 4.38. The summed E-state index contributed by atoms with van der Waals surface area (Å²) in [6.45, 7) is 2.20. The number of rotatable bonds is 11. The van der Waals surface area contributed by atoms with Gasteiger partial charge in [-0.2, -0.15) is 0 Å². The van der Waals surface area contributed by atoms with Crippen molar-refractivity contribution in [2.75, 3.05) is 7.11 Å². The van der Waals surface area contributed by atoms with Crippen molar-refractivity contribution >= 4 is 5.91 Å². The maximum atomic E-state index is 11.7. The number of carbonyl (C=O) groups excluding carboxylic acids is 1. The summed E-state index contributed by atoms with van der Waals surface area (Å²) in [5.74, 6) is -0.00450. The van der Waals surface area contributed by atoms with Crippen LogP contribution in [-0.2, 0) is 10.4 Å². The number of nitrogens with two attached hydrogens (primary N) is 1. The average Bonchev–Trinajstić information content (AvgIpc) is 2.53. The van der Waals surface area contributed by atoms with E-state index in [2.05, 4.69) is 6.92 Å². The lowest BCUT2D eigenvalue weighted by Crippen LogP contribution is -2.41. The maximum Gasteiger partial charge on any atom is 0.254 e. The fourth-order valence-corrected chi connectivity index (χ4v) is 2.61. The largest absolute Gasteiger partial charge is 0.497 e. The SMILES string of the molecule is CCCCCCCCCC(O)(C(N)=O)c1ccc(OC)cc1. The fraction of sp³-hybridized carbons (Fsp3) is 0.611. The summed E-state index contributed by atoms with van der Waals surface area (Å²) in [4.78, 5) is 11.7. The average molecular weight is 307 g/mol. The van der Waals surface area contributed by atoms with E-state index in [1.54, 1.807) is 31.4 Å². The van der Waals surface area contributed by atoms with E-state index in [-0.39, 0.29) is 0 Å². The number of carbonyl (C=O) groups is 1. The lowest BCUT2D eigenvalue weighted by Gasteiger charge is -2.25. The minimum atomic E-state index is -1.59. The molecule has 0 bridgehead atoms. The minimum absolute atomic E-state index is 0.364. The first-order chi connectivity index (χ1) is 10.5. The first-order valence-electron chi connectivity index (χ1n) is 8.21. The van der Waals surface area contributed by atoms with E-state index < -0.39 is 11.5 Å². The van der Waals surface area contributed by atoms with E-state index in [1.165, 1.54) is 25.7 Å². The van der Waals surface area contributed by atoms with Crippen LogP contribution in [0.25, 0.3) is 0 Å². The van der Waals surface area contributed by atoms with Gasteiger partial charge in [0.05, 0.1) is 7.11 Å². The fourth-order valence-electron chi connectivity index (χ4n) is 2.61. The lowest BCUT2D eigenvalue weighted by molar-refractivity contribution is -0.138. The number of hydrogen-bond donors (Lipinski definition) is 2. The summed E-state index contributed by atoms with van der Waals surface area (Å²) >= 11 is 0. The zero-order valence-corrected chi connectivity index (χ0v) is 13.8. The molecule has 1 aromatic rings. The summed E-state index contributed by atoms with van der Waals surface area (Å²) in [7, 11) is 1.58. The van der Waals surface area contributed by atoms with Crippen molar-refractivity contribution in [1.82, 2.24) is 0 Å². The highest BCUT2D eigenvalue weighted by Crippen LogP contribution is 2.29. The first-order valence-corrected chi connectivity index (χ1v) is 8.21. The molecule has 1 aromatic carbocycles. The van der Waals surface area contributed by atoms with Gasteiger partial charge < -0.3 is 15.6 Å². The molecule has 3 N–H and O–H groups in total. The third kappa shape index (κ3) is 5.34. The molecule has 22 heavy (non-hydrogen) atoms. The molecule has 1 atom stereocenters. The van der Waals surface area contributed by atoms with E-state index in [4.69, 9.17) is 10.5 Å². The molecule has 0 aliphatic heterocycles. The molecule has 0 heterocycles. The second kappa shape index (κ2) is 9.46.